The third kappa shape index (κ3) is 4.77. The number of benzene rings is 2. The lowest BCUT2D eigenvalue weighted by molar-refractivity contribution is -0.0214. The highest BCUT2D eigenvalue weighted by molar-refractivity contribution is 5.31. The first-order valence-electron chi connectivity index (χ1n) is 9.57. The van der Waals surface area contributed by atoms with Crippen LogP contribution < -0.4 is 5.32 Å². The summed E-state index contributed by atoms with van der Waals surface area (Å²) in [6.45, 7) is 1.52. The first-order chi connectivity index (χ1) is 12.6. The number of hydrogen-bond acceptors (Lipinski definition) is 4. The molecule has 2 aromatic rings. The lowest BCUT2D eigenvalue weighted by Crippen LogP contribution is -2.43. The molecule has 0 radical (unpaired) electrons. The van der Waals surface area contributed by atoms with Crippen molar-refractivity contribution in [3.05, 3.63) is 59.7 Å². The summed E-state index contributed by atoms with van der Waals surface area (Å²) in [5, 5.41) is 33.7. The SMILES string of the molecule is Oc1ccc(CCNC[C@@H](c2ccc(O)cc2)C2(O)CCCCC2)cc1. The monoisotopic (exact) mass is 355 g/mol. The first-order valence-corrected chi connectivity index (χ1v) is 9.57. The number of aromatic hydroxyl groups is 2. The van der Waals surface area contributed by atoms with Gasteiger partial charge in [0.25, 0.3) is 0 Å². The fourth-order valence-electron chi connectivity index (χ4n) is 3.98. The number of phenols is 2. The molecular weight excluding hydrogens is 326 g/mol. The van der Waals surface area contributed by atoms with Crippen molar-refractivity contribution in [2.75, 3.05) is 13.1 Å². The van der Waals surface area contributed by atoms with Gasteiger partial charge in [0.1, 0.15) is 11.5 Å². The molecular formula is C22H29NO3. The largest absolute Gasteiger partial charge is 0.508 e. The van der Waals surface area contributed by atoms with Crippen molar-refractivity contribution in [2.24, 2.45) is 0 Å². The van der Waals surface area contributed by atoms with Gasteiger partial charge in [-0.1, -0.05) is 43.5 Å². The molecule has 1 saturated carbocycles. The van der Waals surface area contributed by atoms with Crippen LogP contribution in [0, 0.1) is 0 Å². The predicted octanol–water partition coefficient (Wildman–Crippen LogP) is 3.71. The van der Waals surface area contributed by atoms with E-state index in [1.54, 1.807) is 24.3 Å². The van der Waals surface area contributed by atoms with Crippen LogP contribution in [0.25, 0.3) is 0 Å². The summed E-state index contributed by atoms with van der Waals surface area (Å²) in [6.07, 6.45) is 5.87. The van der Waals surface area contributed by atoms with Gasteiger partial charge in [-0.25, -0.2) is 0 Å². The number of aliphatic hydroxyl groups is 1. The van der Waals surface area contributed by atoms with Crippen molar-refractivity contribution in [1.82, 2.24) is 5.32 Å². The highest BCUT2D eigenvalue weighted by atomic mass is 16.3. The van der Waals surface area contributed by atoms with Crippen molar-refractivity contribution >= 4 is 0 Å². The van der Waals surface area contributed by atoms with Crippen molar-refractivity contribution in [3.63, 3.8) is 0 Å². The average Bonchev–Trinajstić information content (AvgIpc) is 2.65. The van der Waals surface area contributed by atoms with Gasteiger partial charge in [-0.2, -0.15) is 0 Å². The fourth-order valence-corrected chi connectivity index (χ4v) is 3.98. The molecule has 140 valence electrons. The highest BCUT2D eigenvalue weighted by Crippen LogP contribution is 2.40. The Morgan fingerprint density at radius 1 is 0.846 bits per heavy atom. The standard InChI is InChI=1S/C22H29NO3/c24-19-8-4-17(5-9-19)12-15-23-16-21(18-6-10-20(25)11-7-18)22(26)13-2-1-3-14-22/h4-11,21,23-26H,1-3,12-16H2/t21-/m0/s1. The van der Waals surface area contributed by atoms with Crippen LogP contribution in [-0.4, -0.2) is 34.0 Å². The lowest BCUT2D eigenvalue weighted by atomic mass is 9.72. The minimum Gasteiger partial charge on any atom is -0.508 e. The van der Waals surface area contributed by atoms with Gasteiger partial charge in [-0.3, -0.25) is 0 Å². The Bertz CT molecular complexity index is 676. The van der Waals surface area contributed by atoms with E-state index in [1.807, 2.05) is 24.3 Å². The molecule has 4 heteroatoms. The molecule has 4 nitrogen and oxygen atoms in total. The van der Waals surface area contributed by atoms with Crippen LogP contribution in [0.1, 0.15) is 49.1 Å². The molecule has 3 rings (SSSR count). The Hall–Kier alpha value is -2.04. The Morgan fingerprint density at radius 3 is 2.04 bits per heavy atom. The van der Waals surface area contributed by atoms with Crippen LogP contribution in [0.2, 0.25) is 0 Å². The molecule has 1 atom stereocenters. The molecule has 0 aliphatic heterocycles. The summed E-state index contributed by atoms with van der Waals surface area (Å²) >= 11 is 0. The minimum atomic E-state index is -0.680. The predicted molar refractivity (Wildman–Crippen MR) is 104 cm³/mol. The van der Waals surface area contributed by atoms with Gasteiger partial charge >= 0.3 is 0 Å². The van der Waals surface area contributed by atoms with Crippen molar-refractivity contribution < 1.29 is 15.3 Å². The summed E-state index contributed by atoms with van der Waals surface area (Å²) in [5.41, 5.74) is 1.57. The van der Waals surface area contributed by atoms with E-state index in [0.29, 0.717) is 6.54 Å². The average molecular weight is 355 g/mol. The first kappa shape index (κ1) is 18.7. The van der Waals surface area contributed by atoms with E-state index < -0.39 is 5.60 Å². The Balaban J connectivity index is 1.63. The number of hydrogen-bond donors (Lipinski definition) is 4. The zero-order valence-corrected chi connectivity index (χ0v) is 15.2. The quantitative estimate of drug-likeness (QED) is 0.571. The summed E-state index contributed by atoms with van der Waals surface area (Å²) in [6, 6.07) is 14.5. The summed E-state index contributed by atoms with van der Waals surface area (Å²) < 4.78 is 0. The Kier molecular flexibility index (Phi) is 6.17. The summed E-state index contributed by atoms with van der Waals surface area (Å²) in [7, 11) is 0. The molecule has 1 aliphatic carbocycles. The second kappa shape index (κ2) is 8.56. The van der Waals surface area contributed by atoms with Gasteiger partial charge in [0.15, 0.2) is 0 Å². The second-order valence-corrected chi connectivity index (χ2v) is 7.43. The van der Waals surface area contributed by atoms with Crippen LogP contribution in [0.3, 0.4) is 0 Å². The molecule has 0 spiro atoms. The topological polar surface area (TPSA) is 72.7 Å². The van der Waals surface area contributed by atoms with E-state index in [0.717, 1.165) is 44.2 Å². The van der Waals surface area contributed by atoms with Crippen molar-refractivity contribution in [1.29, 1.82) is 0 Å². The Labute approximate surface area is 155 Å². The van der Waals surface area contributed by atoms with Gasteiger partial charge in [-0.05, 0) is 61.2 Å². The number of phenolic OH excluding ortho intramolecular Hbond substituents is 2. The van der Waals surface area contributed by atoms with Crippen molar-refractivity contribution in [3.8, 4) is 11.5 Å². The molecule has 0 bridgehead atoms. The smallest absolute Gasteiger partial charge is 0.115 e. The molecule has 0 heterocycles. The number of rotatable bonds is 7. The molecule has 4 N–H and O–H groups in total. The zero-order valence-electron chi connectivity index (χ0n) is 15.2. The molecule has 1 aliphatic rings. The van der Waals surface area contributed by atoms with Gasteiger partial charge in [0, 0.05) is 12.5 Å². The van der Waals surface area contributed by atoms with Crippen LogP contribution in [0.5, 0.6) is 11.5 Å². The van der Waals surface area contributed by atoms with Gasteiger partial charge in [0.05, 0.1) is 5.60 Å². The van der Waals surface area contributed by atoms with Crippen LogP contribution in [-0.2, 0) is 6.42 Å². The van der Waals surface area contributed by atoms with E-state index in [-0.39, 0.29) is 17.4 Å². The van der Waals surface area contributed by atoms with E-state index in [4.69, 9.17) is 0 Å². The summed E-state index contributed by atoms with van der Waals surface area (Å²) in [5.74, 6) is 0.556. The molecule has 0 aromatic heterocycles. The third-order valence-electron chi connectivity index (χ3n) is 5.54. The fraction of sp³-hybridized carbons (Fsp3) is 0.455. The minimum absolute atomic E-state index is 0.0169. The van der Waals surface area contributed by atoms with Crippen LogP contribution in [0.4, 0.5) is 0 Å². The van der Waals surface area contributed by atoms with E-state index in [1.165, 1.54) is 12.0 Å². The van der Waals surface area contributed by atoms with E-state index >= 15 is 0 Å². The van der Waals surface area contributed by atoms with Gasteiger partial charge < -0.3 is 20.6 Å². The molecule has 0 unspecified atom stereocenters. The maximum atomic E-state index is 11.3. The normalized spacial score (nSPS) is 17.7. The van der Waals surface area contributed by atoms with Crippen LogP contribution in [0.15, 0.2) is 48.5 Å². The van der Waals surface area contributed by atoms with Gasteiger partial charge in [-0.15, -0.1) is 0 Å². The molecule has 26 heavy (non-hydrogen) atoms. The number of nitrogens with one attached hydrogen (secondary N) is 1. The molecule has 1 fully saturated rings. The molecule has 0 saturated heterocycles. The van der Waals surface area contributed by atoms with E-state index in [2.05, 4.69) is 5.32 Å². The molecule has 2 aromatic carbocycles. The summed E-state index contributed by atoms with van der Waals surface area (Å²) in [4.78, 5) is 0. The van der Waals surface area contributed by atoms with Crippen molar-refractivity contribution in [2.45, 2.75) is 50.0 Å². The zero-order chi connectivity index (χ0) is 18.4. The second-order valence-electron chi connectivity index (χ2n) is 7.43. The maximum absolute atomic E-state index is 11.3. The molecule has 0 amide bonds. The van der Waals surface area contributed by atoms with Gasteiger partial charge in [0.2, 0.25) is 0 Å². The maximum Gasteiger partial charge on any atom is 0.115 e. The Morgan fingerprint density at radius 2 is 1.42 bits per heavy atom. The van der Waals surface area contributed by atoms with Crippen LogP contribution >= 0.6 is 0 Å². The third-order valence-corrected chi connectivity index (χ3v) is 5.54. The lowest BCUT2D eigenvalue weighted by Gasteiger charge is -2.40. The van der Waals surface area contributed by atoms with E-state index in [9.17, 15) is 15.3 Å². The highest BCUT2D eigenvalue weighted by Gasteiger charge is 2.38.